The summed E-state index contributed by atoms with van der Waals surface area (Å²) in [6.45, 7) is 0.873. The first-order chi connectivity index (χ1) is 12.4. The molecule has 136 valence electrons. The lowest BCUT2D eigenvalue weighted by Gasteiger charge is -2.32. The number of ether oxygens (including phenoxy) is 1. The molecule has 26 heavy (non-hydrogen) atoms. The Morgan fingerprint density at radius 3 is 2.73 bits per heavy atom. The third-order valence-corrected chi connectivity index (χ3v) is 4.44. The first kappa shape index (κ1) is 18.3. The van der Waals surface area contributed by atoms with Gasteiger partial charge in [0.2, 0.25) is 0 Å². The van der Waals surface area contributed by atoms with E-state index in [1.54, 1.807) is 4.90 Å². The SMILES string of the molecule is O=C(c1ccc(Cl)c([N+](=O)[O-])c1)N1CCCC(Oc2ncc(Cl)cn2)C1. The number of aromatic nitrogens is 2. The Labute approximate surface area is 158 Å². The summed E-state index contributed by atoms with van der Waals surface area (Å²) < 4.78 is 5.70. The quantitative estimate of drug-likeness (QED) is 0.580. The molecule has 0 spiro atoms. The second-order valence-corrected chi connectivity index (χ2v) is 6.58. The van der Waals surface area contributed by atoms with Crippen LogP contribution in [0.25, 0.3) is 0 Å². The normalized spacial score (nSPS) is 17.0. The third-order valence-electron chi connectivity index (χ3n) is 3.92. The van der Waals surface area contributed by atoms with E-state index in [2.05, 4.69) is 9.97 Å². The van der Waals surface area contributed by atoms with Crippen LogP contribution in [-0.4, -0.2) is 44.9 Å². The number of nitro groups is 1. The van der Waals surface area contributed by atoms with Gasteiger partial charge in [-0.15, -0.1) is 0 Å². The van der Waals surface area contributed by atoms with Crippen molar-refractivity contribution in [3.05, 3.63) is 56.3 Å². The van der Waals surface area contributed by atoms with E-state index >= 15 is 0 Å². The van der Waals surface area contributed by atoms with Gasteiger partial charge in [-0.2, -0.15) is 0 Å². The Kier molecular flexibility index (Phi) is 5.53. The number of piperidine rings is 1. The van der Waals surface area contributed by atoms with Gasteiger partial charge in [-0.1, -0.05) is 23.2 Å². The molecule has 0 saturated carbocycles. The number of benzene rings is 1. The maximum Gasteiger partial charge on any atom is 0.316 e. The molecule has 1 aromatic carbocycles. The van der Waals surface area contributed by atoms with Crippen molar-refractivity contribution in [2.24, 2.45) is 0 Å². The highest BCUT2D eigenvalue weighted by molar-refractivity contribution is 6.32. The van der Waals surface area contributed by atoms with Gasteiger partial charge in [-0.05, 0) is 25.0 Å². The molecule has 0 aliphatic carbocycles. The van der Waals surface area contributed by atoms with Crippen LogP contribution in [0.15, 0.2) is 30.6 Å². The first-order valence-electron chi connectivity index (χ1n) is 7.81. The molecule has 3 rings (SSSR count). The zero-order chi connectivity index (χ0) is 18.7. The lowest BCUT2D eigenvalue weighted by molar-refractivity contribution is -0.384. The van der Waals surface area contributed by atoms with Gasteiger partial charge >= 0.3 is 6.01 Å². The number of carbonyl (C=O) groups is 1. The molecule has 1 atom stereocenters. The van der Waals surface area contributed by atoms with E-state index < -0.39 is 4.92 Å². The van der Waals surface area contributed by atoms with Crippen LogP contribution >= 0.6 is 23.2 Å². The molecule has 1 saturated heterocycles. The summed E-state index contributed by atoms with van der Waals surface area (Å²) in [7, 11) is 0. The largest absolute Gasteiger partial charge is 0.458 e. The number of halogens is 2. The van der Waals surface area contributed by atoms with E-state index in [-0.39, 0.29) is 34.3 Å². The molecule has 0 N–H and O–H groups in total. The van der Waals surface area contributed by atoms with Crippen LogP contribution in [0.1, 0.15) is 23.2 Å². The maximum absolute atomic E-state index is 12.7. The van der Waals surface area contributed by atoms with Crippen LogP contribution in [0.2, 0.25) is 10.0 Å². The van der Waals surface area contributed by atoms with Gasteiger partial charge in [0, 0.05) is 18.2 Å². The van der Waals surface area contributed by atoms with Crippen molar-refractivity contribution >= 4 is 34.8 Å². The Hall–Kier alpha value is -2.45. The standard InChI is InChI=1S/C16H14Cl2N4O4/c17-11-7-19-16(20-8-11)26-12-2-1-5-21(9-12)15(23)10-3-4-13(18)14(6-10)22(24)25/h3-4,6-8,12H,1-2,5,9H2. The maximum atomic E-state index is 12.7. The summed E-state index contributed by atoms with van der Waals surface area (Å²) in [5.41, 5.74) is -0.0821. The summed E-state index contributed by atoms with van der Waals surface area (Å²) in [5.74, 6) is -0.310. The van der Waals surface area contributed by atoms with E-state index in [1.807, 2.05) is 0 Å². The molecule has 0 radical (unpaired) electrons. The van der Waals surface area contributed by atoms with E-state index in [0.29, 0.717) is 18.1 Å². The van der Waals surface area contributed by atoms with Crippen LogP contribution in [-0.2, 0) is 0 Å². The summed E-state index contributed by atoms with van der Waals surface area (Å²) in [5, 5.41) is 11.4. The van der Waals surface area contributed by atoms with Crippen molar-refractivity contribution in [2.75, 3.05) is 13.1 Å². The average molecular weight is 397 g/mol. The molecule has 1 aliphatic heterocycles. The van der Waals surface area contributed by atoms with Gasteiger partial charge in [-0.3, -0.25) is 14.9 Å². The van der Waals surface area contributed by atoms with Crippen LogP contribution in [0.5, 0.6) is 6.01 Å². The fourth-order valence-corrected chi connectivity index (χ4v) is 2.98. The molecule has 1 aromatic heterocycles. The molecular formula is C16H14Cl2N4O4. The van der Waals surface area contributed by atoms with Gasteiger partial charge in [-0.25, -0.2) is 9.97 Å². The number of hydrogen-bond donors (Lipinski definition) is 0. The Morgan fingerprint density at radius 2 is 2.04 bits per heavy atom. The summed E-state index contributed by atoms with van der Waals surface area (Å²) in [4.78, 5) is 32.6. The summed E-state index contributed by atoms with van der Waals surface area (Å²) in [6.07, 6.45) is 4.08. The van der Waals surface area contributed by atoms with Crippen molar-refractivity contribution < 1.29 is 14.5 Å². The predicted molar refractivity (Wildman–Crippen MR) is 94.7 cm³/mol. The molecule has 1 fully saturated rings. The molecule has 2 heterocycles. The topological polar surface area (TPSA) is 98.5 Å². The monoisotopic (exact) mass is 396 g/mol. The van der Waals surface area contributed by atoms with Gasteiger partial charge in [0.1, 0.15) is 11.1 Å². The Bertz CT molecular complexity index is 831. The summed E-state index contributed by atoms with van der Waals surface area (Å²) in [6, 6.07) is 4.21. The van der Waals surface area contributed by atoms with Crippen LogP contribution in [0, 0.1) is 10.1 Å². The second-order valence-electron chi connectivity index (χ2n) is 5.74. The number of hydrogen-bond acceptors (Lipinski definition) is 6. The second kappa shape index (κ2) is 7.84. The molecule has 2 aromatic rings. The molecule has 10 heteroatoms. The minimum Gasteiger partial charge on any atom is -0.458 e. The molecule has 1 aliphatic rings. The van der Waals surface area contributed by atoms with E-state index in [4.69, 9.17) is 27.9 Å². The fraction of sp³-hybridized carbons (Fsp3) is 0.312. The van der Waals surface area contributed by atoms with Gasteiger partial charge < -0.3 is 9.64 Å². The Balaban J connectivity index is 1.70. The minimum absolute atomic E-state index is 0.00806. The highest BCUT2D eigenvalue weighted by Gasteiger charge is 2.27. The lowest BCUT2D eigenvalue weighted by Crippen LogP contribution is -2.44. The Morgan fingerprint density at radius 1 is 1.31 bits per heavy atom. The predicted octanol–water partition coefficient (Wildman–Crippen LogP) is 3.38. The van der Waals surface area contributed by atoms with Crippen molar-refractivity contribution in [1.29, 1.82) is 0 Å². The average Bonchev–Trinajstić information content (AvgIpc) is 2.63. The number of likely N-dealkylation sites (tertiary alicyclic amines) is 1. The van der Waals surface area contributed by atoms with E-state index in [9.17, 15) is 14.9 Å². The van der Waals surface area contributed by atoms with E-state index in [1.165, 1.54) is 30.6 Å². The number of nitro benzene ring substituents is 1. The molecule has 8 nitrogen and oxygen atoms in total. The molecule has 1 amide bonds. The van der Waals surface area contributed by atoms with Crippen molar-refractivity contribution in [3.8, 4) is 6.01 Å². The van der Waals surface area contributed by atoms with Gasteiger partial charge in [0.25, 0.3) is 11.6 Å². The van der Waals surface area contributed by atoms with Gasteiger partial charge in [0.05, 0.1) is 28.9 Å². The smallest absolute Gasteiger partial charge is 0.316 e. The van der Waals surface area contributed by atoms with Crippen LogP contribution in [0.4, 0.5) is 5.69 Å². The summed E-state index contributed by atoms with van der Waals surface area (Å²) >= 11 is 11.5. The number of nitrogens with zero attached hydrogens (tertiary/aromatic N) is 4. The first-order valence-corrected chi connectivity index (χ1v) is 8.57. The fourth-order valence-electron chi connectivity index (χ4n) is 2.70. The molecule has 0 bridgehead atoms. The van der Waals surface area contributed by atoms with Crippen molar-refractivity contribution in [3.63, 3.8) is 0 Å². The number of amides is 1. The van der Waals surface area contributed by atoms with Crippen LogP contribution in [0.3, 0.4) is 0 Å². The van der Waals surface area contributed by atoms with Crippen LogP contribution < -0.4 is 4.74 Å². The van der Waals surface area contributed by atoms with Crippen molar-refractivity contribution in [2.45, 2.75) is 18.9 Å². The highest BCUT2D eigenvalue weighted by Crippen LogP contribution is 2.26. The zero-order valence-corrected chi connectivity index (χ0v) is 15.0. The lowest BCUT2D eigenvalue weighted by atomic mass is 10.1. The third kappa shape index (κ3) is 4.20. The molecule has 1 unspecified atom stereocenters. The number of carbonyl (C=O) groups excluding carboxylic acids is 1. The number of rotatable bonds is 4. The van der Waals surface area contributed by atoms with Crippen molar-refractivity contribution in [1.82, 2.24) is 14.9 Å². The van der Waals surface area contributed by atoms with E-state index in [0.717, 1.165) is 12.8 Å². The minimum atomic E-state index is -0.612. The zero-order valence-electron chi connectivity index (χ0n) is 13.5. The van der Waals surface area contributed by atoms with Gasteiger partial charge in [0.15, 0.2) is 0 Å². The molecular weight excluding hydrogens is 383 g/mol. The highest BCUT2D eigenvalue weighted by atomic mass is 35.5.